The molecule has 0 bridgehead atoms. The molecule has 2 aliphatic heterocycles. The molecule has 1 saturated heterocycles. The second kappa shape index (κ2) is 9.12. The van der Waals surface area contributed by atoms with Gasteiger partial charge in [-0.05, 0) is 55.5 Å². The van der Waals surface area contributed by atoms with Crippen molar-refractivity contribution < 1.29 is 19.0 Å². The summed E-state index contributed by atoms with van der Waals surface area (Å²) < 4.78 is 17.1. The lowest BCUT2D eigenvalue weighted by molar-refractivity contribution is -0.136. The van der Waals surface area contributed by atoms with E-state index in [0.29, 0.717) is 23.9 Å². The Kier molecular flexibility index (Phi) is 5.92. The smallest absolute Gasteiger partial charge is 0.233 e. The summed E-state index contributed by atoms with van der Waals surface area (Å²) in [6, 6.07) is 13.7. The summed E-state index contributed by atoms with van der Waals surface area (Å²) in [6.45, 7) is 2.00. The van der Waals surface area contributed by atoms with Crippen LogP contribution in [0.15, 0.2) is 42.5 Å². The van der Waals surface area contributed by atoms with Gasteiger partial charge in [-0.1, -0.05) is 23.7 Å². The topological polar surface area (TPSA) is 64.1 Å². The van der Waals surface area contributed by atoms with Crippen molar-refractivity contribution in [3.05, 3.63) is 58.6 Å². The van der Waals surface area contributed by atoms with E-state index in [1.165, 1.54) is 0 Å². The molecule has 1 atom stereocenters. The van der Waals surface area contributed by atoms with Crippen LogP contribution in [0.2, 0.25) is 5.02 Å². The molecule has 1 aliphatic carbocycles. The molecule has 1 unspecified atom stereocenters. The Balaban J connectivity index is 1.37. The Hall–Kier alpha value is -3.03. The summed E-state index contributed by atoms with van der Waals surface area (Å²) in [7, 11) is 3.96. The number of anilines is 1. The standard InChI is InChI=1S/C28H30ClN3O4/c1-31(2)26-19(12-18-13-24-25(36-17-35-24)14-23(18)30-26)15-32(16-22-4-3-11-34-22)27(33)28(9-10-28)20-5-7-21(29)8-6-20/h5-8,12-14,22H,3-4,9-11,15-17H2,1-2H3. The van der Waals surface area contributed by atoms with Crippen LogP contribution in [-0.4, -0.2) is 55.9 Å². The van der Waals surface area contributed by atoms with Gasteiger partial charge >= 0.3 is 0 Å². The number of pyridine rings is 1. The lowest BCUT2D eigenvalue weighted by Gasteiger charge is -2.31. The van der Waals surface area contributed by atoms with Gasteiger partial charge in [-0.3, -0.25) is 4.79 Å². The van der Waals surface area contributed by atoms with Crippen LogP contribution in [0.25, 0.3) is 10.9 Å². The fourth-order valence-electron chi connectivity index (χ4n) is 5.38. The van der Waals surface area contributed by atoms with Crippen LogP contribution in [0.1, 0.15) is 36.8 Å². The van der Waals surface area contributed by atoms with E-state index in [2.05, 4.69) is 6.07 Å². The molecule has 7 nitrogen and oxygen atoms in total. The number of carbonyl (C=O) groups is 1. The van der Waals surface area contributed by atoms with E-state index in [-0.39, 0.29) is 18.8 Å². The SMILES string of the molecule is CN(C)c1nc2cc3c(cc2cc1CN(CC1CCCO1)C(=O)C1(c2ccc(Cl)cc2)CC1)OCO3. The van der Waals surface area contributed by atoms with E-state index >= 15 is 0 Å². The highest BCUT2D eigenvalue weighted by Crippen LogP contribution is 2.50. The number of amides is 1. The summed E-state index contributed by atoms with van der Waals surface area (Å²) >= 11 is 6.13. The van der Waals surface area contributed by atoms with Gasteiger partial charge in [0.2, 0.25) is 12.7 Å². The van der Waals surface area contributed by atoms with E-state index in [0.717, 1.165) is 65.9 Å². The second-order valence-corrected chi connectivity index (χ2v) is 10.6. The summed E-state index contributed by atoms with van der Waals surface area (Å²) in [4.78, 5) is 23.1. The molecule has 0 N–H and O–H groups in total. The van der Waals surface area contributed by atoms with Crippen molar-refractivity contribution in [2.75, 3.05) is 38.9 Å². The van der Waals surface area contributed by atoms with Gasteiger partial charge in [-0.2, -0.15) is 0 Å². The zero-order valence-corrected chi connectivity index (χ0v) is 21.4. The highest BCUT2D eigenvalue weighted by Gasteiger charge is 2.53. The van der Waals surface area contributed by atoms with Crippen molar-refractivity contribution in [1.29, 1.82) is 0 Å². The molecule has 2 aromatic carbocycles. The van der Waals surface area contributed by atoms with E-state index in [1.807, 2.05) is 60.3 Å². The minimum Gasteiger partial charge on any atom is -0.454 e. The summed E-state index contributed by atoms with van der Waals surface area (Å²) in [5.74, 6) is 2.42. The number of benzene rings is 2. The molecule has 8 heteroatoms. The molecular formula is C28H30ClN3O4. The number of halogens is 1. The summed E-state index contributed by atoms with van der Waals surface area (Å²) in [5, 5.41) is 1.64. The lowest BCUT2D eigenvalue weighted by Crippen LogP contribution is -2.43. The van der Waals surface area contributed by atoms with Gasteiger partial charge in [-0.25, -0.2) is 4.98 Å². The van der Waals surface area contributed by atoms with E-state index in [1.54, 1.807) is 0 Å². The van der Waals surface area contributed by atoms with Crippen LogP contribution in [-0.2, 0) is 21.5 Å². The van der Waals surface area contributed by atoms with Crippen LogP contribution < -0.4 is 14.4 Å². The van der Waals surface area contributed by atoms with Crippen LogP contribution in [0.5, 0.6) is 11.5 Å². The lowest BCUT2D eigenvalue weighted by atomic mass is 9.93. The molecular weight excluding hydrogens is 478 g/mol. The number of aromatic nitrogens is 1. The van der Waals surface area contributed by atoms with Crippen molar-refractivity contribution >= 4 is 34.2 Å². The molecule has 2 fully saturated rings. The van der Waals surface area contributed by atoms with Crippen molar-refractivity contribution in [2.24, 2.45) is 0 Å². The fourth-order valence-corrected chi connectivity index (χ4v) is 5.51. The molecule has 6 rings (SSSR count). The normalized spacial score (nSPS) is 19.5. The minimum atomic E-state index is -0.488. The first-order valence-electron chi connectivity index (χ1n) is 12.5. The fraction of sp³-hybridized carbons (Fsp3) is 0.429. The Morgan fingerprint density at radius 1 is 1.11 bits per heavy atom. The van der Waals surface area contributed by atoms with E-state index in [9.17, 15) is 4.79 Å². The maximum atomic E-state index is 14.2. The van der Waals surface area contributed by atoms with Crippen molar-refractivity contribution in [3.8, 4) is 11.5 Å². The predicted molar refractivity (Wildman–Crippen MR) is 139 cm³/mol. The van der Waals surface area contributed by atoms with Gasteiger partial charge in [-0.15, -0.1) is 0 Å². The molecule has 188 valence electrons. The maximum absolute atomic E-state index is 14.2. The predicted octanol–water partition coefficient (Wildman–Crippen LogP) is 4.92. The van der Waals surface area contributed by atoms with E-state index < -0.39 is 5.41 Å². The zero-order valence-electron chi connectivity index (χ0n) is 20.6. The van der Waals surface area contributed by atoms with Crippen LogP contribution in [0.3, 0.4) is 0 Å². The molecule has 36 heavy (non-hydrogen) atoms. The van der Waals surface area contributed by atoms with Crippen LogP contribution in [0.4, 0.5) is 5.82 Å². The average Bonchev–Trinajstić information content (AvgIpc) is 3.27. The third-order valence-corrected chi connectivity index (χ3v) is 7.69. The van der Waals surface area contributed by atoms with Crippen molar-refractivity contribution in [2.45, 2.75) is 43.7 Å². The first-order valence-corrected chi connectivity index (χ1v) is 12.9. The zero-order chi connectivity index (χ0) is 24.9. The van der Waals surface area contributed by atoms with E-state index in [4.69, 9.17) is 30.8 Å². The highest BCUT2D eigenvalue weighted by molar-refractivity contribution is 6.30. The molecule has 3 aromatic rings. The maximum Gasteiger partial charge on any atom is 0.233 e. The Morgan fingerprint density at radius 3 is 2.53 bits per heavy atom. The third kappa shape index (κ3) is 4.24. The number of hydrogen-bond acceptors (Lipinski definition) is 6. The average molecular weight is 508 g/mol. The quantitative estimate of drug-likeness (QED) is 0.452. The number of rotatable bonds is 7. The van der Waals surface area contributed by atoms with Crippen molar-refractivity contribution in [3.63, 3.8) is 0 Å². The molecule has 1 aromatic heterocycles. The number of nitrogens with zero attached hydrogens (tertiary/aromatic N) is 3. The summed E-state index contributed by atoms with van der Waals surface area (Å²) in [5.41, 5.74) is 2.37. The number of hydrogen-bond donors (Lipinski definition) is 0. The molecule has 3 heterocycles. The van der Waals surface area contributed by atoms with Gasteiger partial charge in [0.25, 0.3) is 0 Å². The molecule has 0 spiro atoms. The second-order valence-electron chi connectivity index (χ2n) is 10.2. The molecule has 0 radical (unpaired) electrons. The van der Waals surface area contributed by atoms with Gasteiger partial charge in [0.15, 0.2) is 11.5 Å². The van der Waals surface area contributed by atoms with Gasteiger partial charge in [0.05, 0.1) is 17.0 Å². The first-order chi connectivity index (χ1) is 17.4. The van der Waals surface area contributed by atoms with Crippen LogP contribution >= 0.6 is 11.6 Å². The molecule has 1 saturated carbocycles. The molecule has 1 amide bonds. The Bertz CT molecular complexity index is 1300. The van der Waals surface area contributed by atoms with Gasteiger partial charge in [0.1, 0.15) is 5.82 Å². The Morgan fingerprint density at radius 2 is 1.86 bits per heavy atom. The minimum absolute atomic E-state index is 0.0556. The monoisotopic (exact) mass is 507 g/mol. The number of fused-ring (bicyclic) bond motifs is 2. The highest BCUT2D eigenvalue weighted by atomic mass is 35.5. The van der Waals surface area contributed by atoms with Crippen molar-refractivity contribution in [1.82, 2.24) is 9.88 Å². The number of carbonyl (C=O) groups excluding carboxylic acids is 1. The first kappa shape index (κ1) is 23.4. The largest absolute Gasteiger partial charge is 0.454 e. The molecule has 3 aliphatic rings. The number of ether oxygens (including phenoxy) is 3. The van der Waals surface area contributed by atoms with Gasteiger partial charge < -0.3 is 24.0 Å². The summed E-state index contributed by atoms with van der Waals surface area (Å²) in [6.07, 6.45) is 3.74. The third-order valence-electron chi connectivity index (χ3n) is 7.44. The Labute approximate surface area is 215 Å². The van der Waals surface area contributed by atoms with Crippen LogP contribution in [0, 0.1) is 0 Å². The van der Waals surface area contributed by atoms with Gasteiger partial charge in [0, 0.05) is 55.8 Å².